The zero-order valence-corrected chi connectivity index (χ0v) is 14.8. The van der Waals surface area contributed by atoms with Crippen molar-refractivity contribution in [2.45, 2.75) is 12.6 Å². The Balaban J connectivity index is 1.37. The number of piperazine rings is 1. The zero-order valence-electron chi connectivity index (χ0n) is 14.8. The van der Waals surface area contributed by atoms with Crippen molar-refractivity contribution in [1.82, 2.24) is 14.9 Å². The molecule has 7 heteroatoms. The average Bonchev–Trinajstić information content (AvgIpc) is 3.09. The van der Waals surface area contributed by atoms with Crippen LogP contribution in [0.5, 0.6) is 0 Å². The highest BCUT2D eigenvalue weighted by Gasteiger charge is 2.36. The van der Waals surface area contributed by atoms with E-state index in [1.807, 2.05) is 18.3 Å². The number of hydrogen-bond donors (Lipinski definition) is 1. The fraction of sp³-hybridized carbons (Fsp3) is 0.350. The molecule has 0 atom stereocenters. The Bertz CT molecular complexity index is 911. The molecule has 1 saturated heterocycles. The van der Waals surface area contributed by atoms with Crippen LogP contribution in [0.2, 0.25) is 0 Å². The standard InChI is InChI=1S/C20H21F3N4/c21-20(22,23)17-5-3-8-24-19(17)27-12-10-26(11-13-27)9-7-15-14-25-18-6-2-1-4-16(15)18/h1-6,8,14,25H,7,9-13H2. The fourth-order valence-corrected chi connectivity index (χ4v) is 3.67. The molecule has 3 aromatic rings. The highest BCUT2D eigenvalue weighted by molar-refractivity contribution is 5.83. The van der Waals surface area contributed by atoms with Gasteiger partial charge in [0.25, 0.3) is 0 Å². The lowest BCUT2D eigenvalue weighted by Crippen LogP contribution is -2.47. The van der Waals surface area contributed by atoms with E-state index in [9.17, 15) is 13.2 Å². The summed E-state index contributed by atoms with van der Waals surface area (Å²) in [6.07, 6.45) is 0.00976. The Morgan fingerprint density at radius 3 is 2.56 bits per heavy atom. The van der Waals surface area contributed by atoms with E-state index in [4.69, 9.17) is 0 Å². The SMILES string of the molecule is FC(F)(F)c1cccnc1N1CCN(CCc2c[nH]c3ccccc23)CC1. The molecule has 0 unspecified atom stereocenters. The summed E-state index contributed by atoms with van der Waals surface area (Å²) in [5.74, 6) is 0.0429. The van der Waals surface area contributed by atoms with Crippen molar-refractivity contribution in [2.75, 3.05) is 37.6 Å². The zero-order chi connectivity index (χ0) is 18.9. The van der Waals surface area contributed by atoms with Gasteiger partial charge >= 0.3 is 6.18 Å². The smallest absolute Gasteiger partial charge is 0.361 e. The van der Waals surface area contributed by atoms with Crippen LogP contribution in [0.4, 0.5) is 19.0 Å². The lowest BCUT2D eigenvalue weighted by Gasteiger charge is -2.36. The van der Waals surface area contributed by atoms with Gasteiger partial charge < -0.3 is 9.88 Å². The predicted molar refractivity (Wildman–Crippen MR) is 99.9 cm³/mol. The number of alkyl halides is 3. The number of aromatic amines is 1. The van der Waals surface area contributed by atoms with Gasteiger partial charge in [-0.2, -0.15) is 13.2 Å². The molecular weight excluding hydrogens is 353 g/mol. The molecule has 4 nitrogen and oxygen atoms in total. The summed E-state index contributed by atoms with van der Waals surface area (Å²) in [5, 5.41) is 1.24. The Hall–Kier alpha value is -2.54. The number of anilines is 1. The van der Waals surface area contributed by atoms with Crippen LogP contribution in [0.3, 0.4) is 0 Å². The number of nitrogens with one attached hydrogen (secondary N) is 1. The first-order valence-corrected chi connectivity index (χ1v) is 9.07. The summed E-state index contributed by atoms with van der Waals surface area (Å²) in [6.45, 7) is 3.46. The van der Waals surface area contributed by atoms with Gasteiger partial charge in [-0.15, -0.1) is 0 Å². The Morgan fingerprint density at radius 2 is 1.78 bits per heavy atom. The molecule has 1 aliphatic heterocycles. The molecule has 2 aromatic heterocycles. The van der Waals surface area contributed by atoms with Gasteiger partial charge in [0.2, 0.25) is 0 Å². The molecule has 0 saturated carbocycles. The van der Waals surface area contributed by atoms with Gasteiger partial charge in [-0.3, -0.25) is 4.90 Å². The Kier molecular flexibility index (Phi) is 4.78. The molecule has 4 rings (SSSR count). The van der Waals surface area contributed by atoms with Crippen molar-refractivity contribution >= 4 is 16.7 Å². The third-order valence-electron chi connectivity index (χ3n) is 5.14. The van der Waals surface area contributed by atoms with Crippen molar-refractivity contribution < 1.29 is 13.2 Å². The van der Waals surface area contributed by atoms with Gasteiger partial charge in [-0.25, -0.2) is 4.98 Å². The maximum absolute atomic E-state index is 13.2. The molecular formula is C20H21F3N4. The van der Waals surface area contributed by atoms with E-state index in [0.717, 1.165) is 37.6 Å². The van der Waals surface area contributed by atoms with Gasteiger partial charge in [0, 0.05) is 56.0 Å². The molecule has 27 heavy (non-hydrogen) atoms. The molecule has 1 N–H and O–H groups in total. The Labute approximate surface area is 155 Å². The lowest BCUT2D eigenvalue weighted by atomic mass is 10.1. The van der Waals surface area contributed by atoms with Crippen molar-refractivity contribution in [3.63, 3.8) is 0 Å². The molecule has 142 valence electrons. The first kappa shape index (κ1) is 17.9. The number of H-pyrrole nitrogens is 1. The summed E-state index contributed by atoms with van der Waals surface area (Å²) >= 11 is 0. The van der Waals surface area contributed by atoms with Crippen LogP contribution in [0.25, 0.3) is 10.9 Å². The van der Waals surface area contributed by atoms with Crippen LogP contribution < -0.4 is 4.90 Å². The second-order valence-corrected chi connectivity index (χ2v) is 6.81. The first-order chi connectivity index (χ1) is 13.0. The third kappa shape index (κ3) is 3.78. The summed E-state index contributed by atoms with van der Waals surface area (Å²) < 4.78 is 39.6. The highest BCUT2D eigenvalue weighted by Crippen LogP contribution is 2.35. The van der Waals surface area contributed by atoms with E-state index in [2.05, 4.69) is 27.0 Å². The molecule has 1 fully saturated rings. The number of fused-ring (bicyclic) bond motifs is 1. The third-order valence-corrected chi connectivity index (χ3v) is 5.14. The molecule has 0 amide bonds. The maximum atomic E-state index is 13.2. The van der Waals surface area contributed by atoms with Crippen LogP contribution in [-0.4, -0.2) is 47.6 Å². The minimum absolute atomic E-state index is 0.0429. The molecule has 0 bridgehead atoms. The number of halogens is 3. The van der Waals surface area contributed by atoms with E-state index in [-0.39, 0.29) is 5.82 Å². The quantitative estimate of drug-likeness (QED) is 0.751. The summed E-state index contributed by atoms with van der Waals surface area (Å²) in [5.41, 5.74) is 1.75. The Morgan fingerprint density at radius 1 is 1.00 bits per heavy atom. The van der Waals surface area contributed by atoms with E-state index in [1.165, 1.54) is 23.2 Å². The first-order valence-electron chi connectivity index (χ1n) is 9.07. The molecule has 1 aliphatic rings. The van der Waals surface area contributed by atoms with Crippen molar-refractivity contribution in [1.29, 1.82) is 0 Å². The highest BCUT2D eigenvalue weighted by atomic mass is 19.4. The van der Waals surface area contributed by atoms with Crippen LogP contribution >= 0.6 is 0 Å². The normalized spacial score (nSPS) is 16.2. The van der Waals surface area contributed by atoms with Crippen LogP contribution in [0.1, 0.15) is 11.1 Å². The van der Waals surface area contributed by atoms with Crippen LogP contribution in [-0.2, 0) is 12.6 Å². The monoisotopic (exact) mass is 374 g/mol. The number of nitrogens with zero attached hydrogens (tertiary/aromatic N) is 3. The number of rotatable bonds is 4. The minimum atomic E-state index is -4.38. The van der Waals surface area contributed by atoms with Crippen molar-refractivity contribution in [2.24, 2.45) is 0 Å². The van der Waals surface area contributed by atoms with Gasteiger partial charge in [0.05, 0.1) is 5.56 Å². The van der Waals surface area contributed by atoms with E-state index < -0.39 is 11.7 Å². The van der Waals surface area contributed by atoms with Crippen LogP contribution in [0.15, 0.2) is 48.8 Å². The van der Waals surface area contributed by atoms with Gasteiger partial charge in [0.15, 0.2) is 0 Å². The summed E-state index contributed by atoms with van der Waals surface area (Å²) in [7, 11) is 0. The van der Waals surface area contributed by atoms with E-state index in [1.54, 1.807) is 4.90 Å². The van der Waals surface area contributed by atoms with Crippen LogP contribution in [0, 0.1) is 0 Å². The van der Waals surface area contributed by atoms with Gasteiger partial charge in [-0.1, -0.05) is 18.2 Å². The topological polar surface area (TPSA) is 35.2 Å². The number of para-hydroxylation sites is 1. The number of pyridine rings is 1. The predicted octanol–water partition coefficient (Wildman–Crippen LogP) is 3.95. The van der Waals surface area contributed by atoms with E-state index in [0.29, 0.717) is 13.1 Å². The number of benzene rings is 1. The van der Waals surface area contributed by atoms with Gasteiger partial charge in [-0.05, 0) is 30.2 Å². The number of hydrogen-bond acceptors (Lipinski definition) is 3. The fourth-order valence-electron chi connectivity index (χ4n) is 3.67. The average molecular weight is 374 g/mol. The minimum Gasteiger partial charge on any atom is -0.361 e. The maximum Gasteiger partial charge on any atom is 0.419 e. The molecule has 1 aromatic carbocycles. The summed E-state index contributed by atoms with van der Waals surface area (Å²) in [6, 6.07) is 10.6. The van der Waals surface area contributed by atoms with E-state index >= 15 is 0 Å². The largest absolute Gasteiger partial charge is 0.419 e. The van der Waals surface area contributed by atoms with Crippen molar-refractivity contribution in [3.8, 4) is 0 Å². The summed E-state index contributed by atoms with van der Waals surface area (Å²) in [4.78, 5) is 11.3. The molecule has 3 heterocycles. The number of aromatic nitrogens is 2. The molecule has 0 aliphatic carbocycles. The molecule has 0 spiro atoms. The van der Waals surface area contributed by atoms with Crippen molar-refractivity contribution in [3.05, 3.63) is 59.9 Å². The molecule has 0 radical (unpaired) electrons. The van der Waals surface area contributed by atoms with Gasteiger partial charge in [0.1, 0.15) is 5.82 Å². The second-order valence-electron chi connectivity index (χ2n) is 6.81. The lowest BCUT2D eigenvalue weighted by molar-refractivity contribution is -0.137. The second kappa shape index (κ2) is 7.23.